The van der Waals surface area contributed by atoms with E-state index in [0.29, 0.717) is 19.1 Å². The highest BCUT2D eigenvalue weighted by atomic mass is 35.5. The van der Waals surface area contributed by atoms with Gasteiger partial charge in [0.1, 0.15) is 4.87 Å². The summed E-state index contributed by atoms with van der Waals surface area (Å²) in [4.78, 5) is -0.256. The largest absolute Gasteiger partial charge is 0.377 e. The van der Waals surface area contributed by atoms with Crippen molar-refractivity contribution < 1.29 is 4.74 Å². The number of ether oxygens (including phenoxy) is 1. The Morgan fingerprint density at radius 1 is 1.33 bits per heavy atom. The molecular weight excluding hydrogens is 208 g/mol. The molecule has 2 heteroatoms. The monoisotopic (exact) mass is 224 g/mol. The average Bonchev–Trinajstić information content (AvgIpc) is 2.25. The van der Waals surface area contributed by atoms with Crippen LogP contribution in [0.3, 0.4) is 0 Å². The summed E-state index contributed by atoms with van der Waals surface area (Å²) in [5.41, 5.74) is 2.57. The molecule has 1 aromatic carbocycles. The van der Waals surface area contributed by atoms with Crippen molar-refractivity contribution in [2.75, 3.05) is 13.2 Å². The standard InChI is InChI=1S/C13H17ClO/c1-3-10(2)11-4-6-12(7-5-11)13(14)8-15-9-13/h4-7,10H,3,8-9H2,1-2H3. The van der Waals surface area contributed by atoms with Crippen LogP contribution in [-0.2, 0) is 9.61 Å². The van der Waals surface area contributed by atoms with Crippen LogP contribution < -0.4 is 0 Å². The van der Waals surface area contributed by atoms with Crippen LogP contribution in [0.5, 0.6) is 0 Å². The van der Waals surface area contributed by atoms with Crippen LogP contribution in [0.2, 0.25) is 0 Å². The molecule has 1 unspecified atom stereocenters. The summed E-state index contributed by atoms with van der Waals surface area (Å²) < 4.78 is 5.16. The quantitative estimate of drug-likeness (QED) is 0.712. The van der Waals surface area contributed by atoms with Gasteiger partial charge in [0.05, 0.1) is 13.2 Å². The second-order valence-electron chi connectivity index (χ2n) is 4.39. The Balaban J connectivity index is 2.17. The van der Waals surface area contributed by atoms with Gasteiger partial charge >= 0.3 is 0 Å². The Labute approximate surface area is 96.4 Å². The first-order valence-electron chi connectivity index (χ1n) is 5.53. The fourth-order valence-electron chi connectivity index (χ4n) is 1.79. The number of hydrogen-bond donors (Lipinski definition) is 0. The second-order valence-corrected chi connectivity index (χ2v) is 5.11. The van der Waals surface area contributed by atoms with Crippen molar-refractivity contribution in [3.63, 3.8) is 0 Å². The lowest BCUT2D eigenvalue weighted by Gasteiger charge is -2.36. The van der Waals surface area contributed by atoms with E-state index in [-0.39, 0.29) is 4.87 Å². The summed E-state index contributed by atoms with van der Waals surface area (Å²) in [6.07, 6.45) is 1.18. The SMILES string of the molecule is CCC(C)c1ccc(C2(Cl)COC2)cc1. The van der Waals surface area contributed by atoms with Crippen LogP contribution in [-0.4, -0.2) is 13.2 Å². The molecule has 15 heavy (non-hydrogen) atoms. The normalized spacial score (nSPS) is 20.7. The lowest BCUT2D eigenvalue weighted by Crippen LogP contribution is -2.41. The number of alkyl halides is 1. The number of benzene rings is 1. The molecule has 0 saturated carbocycles. The molecule has 0 aromatic heterocycles. The fourth-order valence-corrected chi connectivity index (χ4v) is 2.07. The van der Waals surface area contributed by atoms with E-state index in [1.54, 1.807) is 0 Å². The molecule has 1 heterocycles. The van der Waals surface area contributed by atoms with Gasteiger partial charge in [-0.25, -0.2) is 0 Å². The van der Waals surface area contributed by atoms with Gasteiger partial charge in [-0.2, -0.15) is 0 Å². The Kier molecular flexibility index (Phi) is 3.03. The van der Waals surface area contributed by atoms with Gasteiger partial charge in [0.2, 0.25) is 0 Å². The molecule has 1 fully saturated rings. The van der Waals surface area contributed by atoms with Crippen molar-refractivity contribution in [2.24, 2.45) is 0 Å². The van der Waals surface area contributed by atoms with Crippen molar-refractivity contribution in [3.05, 3.63) is 35.4 Å². The van der Waals surface area contributed by atoms with E-state index < -0.39 is 0 Å². The third-order valence-electron chi connectivity index (χ3n) is 3.27. The lowest BCUT2D eigenvalue weighted by atomic mass is 9.92. The second kappa shape index (κ2) is 4.15. The molecular formula is C13H17ClO. The minimum Gasteiger partial charge on any atom is -0.377 e. The minimum absolute atomic E-state index is 0.256. The highest BCUT2D eigenvalue weighted by molar-refractivity contribution is 6.24. The number of halogens is 1. The summed E-state index contributed by atoms with van der Waals surface area (Å²) >= 11 is 6.37. The van der Waals surface area contributed by atoms with E-state index in [9.17, 15) is 0 Å². The Bertz CT molecular complexity index is 327. The van der Waals surface area contributed by atoms with E-state index in [0.717, 1.165) is 0 Å². The Morgan fingerprint density at radius 3 is 2.33 bits per heavy atom. The zero-order valence-corrected chi connectivity index (χ0v) is 10.1. The zero-order chi connectivity index (χ0) is 10.9. The maximum atomic E-state index is 6.37. The van der Waals surface area contributed by atoms with E-state index in [2.05, 4.69) is 38.1 Å². The van der Waals surface area contributed by atoms with E-state index >= 15 is 0 Å². The van der Waals surface area contributed by atoms with Crippen molar-refractivity contribution in [3.8, 4) is 0 Å². The maximum absolute atomic E-state index is 6.37. The molecule has 0 aliphatic carbocycles. The molecule has 0 spiro atoms. The summed E-state index contributed by atoms with van der Waals surface area (Å²) in [6, 6.07) is 8.64. The molecule has 2 rings (SSSR count). The van der Waals surface area contributed by atoms with E-state index in [1.807, 2.05) is 0 Å². The lowest BCUT2D eigenvalue weighted by molar-refractivity contribution is -0.0152. The van der Waals surface area contributed by atoms with Gasteiger partial charge in [-0.1, -0.05) is 38.1 Å². The summed E-state index contributed by atoms with van der Waals surface area (Å²) in [5, 5.41) is 0. The van der Waals surface area contributed by atoms with Crippen molar-refractivity contribution in [2.45, 2.75) is 31.1 Å². The molecule has 0 bridgehead atoms. The van der Waals surface area contributed by atoms with Gasteiger partial charge in [0, 0.05) is 0 Å². The van der Waals surface area contributed by atoms with Crippen molar-refractivity contribution in [1.82, 2.24) is 0 Å². The van der Waals surface area contributed by atoms with Gasteiger partial charge in [0.25, 0.3) is 0 Å². The van der Waals surface area contributed by atoms with Crippen LogP contribution in [0.15, 0.2) is 24.3 Å². The minimum atomic E-state index is -0.256. The van der Waals surface area contributed by atoms with Gasteiger partial charge in [-0.05, 0) is 23.5 Å². The Morgan fingerprint density at radius 2 is 1.93 bits per heavy atom. The first-order chi connectivity index (χ1) is 7.15. The fraction of sp³-hybridized carbons (Fsp3) is 0.538. The number of hydrogen-bond acceptors (Lipinski definition) is 1. The number of rotatable bonds is 3. The van der Waals surface area contributed by atoms with E-state index in [1.165, 1.54) is 17.5 Å². The third kappa shape index (κ3) is 2.04. The highest BCUT2D eigenvalue weighted by Crippen LogP contribution is 2.37. The third-order valence-corrected chi connectivity index (χ3v) is 3.71. The molecule has 82 valence electrons. The van der Waals surface area contributed by atoms with Crippen LogP contribution >= 0.6 is 11.6 Å². The molecule has 0 N–H and O–H groups in total. The zero-order valence-electron chi connectivity index (χ0n) is 9.29. The predicted molar refractivity (Wildman–Crippen MR) is 63.5 cm³/mol. The van der Waals surface area contributed by atoms with Gasteiger partial charge < -0.3 is 4.74 Å². The molecule has 0 radical (unpaired) electrons. The smallest absolute Gasteiger partial charge is 0.116 e. The van der Waals surface area contributed by atoms with Crippen LogP contribution in [0, 0.1) is 0 Å². The first-order valence-corrected chi connectivity index (χ1v) is 5.90. The molecule has 1 aliphatic rings. The van der Waals surface area contributed by atoms with Crippen molar-refractivity contribution >= 4 is 11.6 Å². The summed E-state index contributed by atoms with van der Waals surface area (Å²) in [6.45, 7) is 5.73. The molecule has 0 amide bonds. The first kappa shape index (κ1) is 11.0. The molecule has 1 saturated heterocycles. The van der Waals surface area contributed by atoms with Crippen LogP contribution in [0.25, 0.3) is 0 Å². The summed E-state index contributed by atoms with van der Waals surface area (Å²) in [5.74, 6) is 0.628. The molecule has 1 atom stereocenters. The molecule has 1 aromatic rings. The highest BCUT2D eigenvalue weighted by Gasteiger charge is 2.37. The predicted octanol–water partition coefficient (Wildman–Crippen LogP) is 3.66. The van der Waals surface area contributed by atoms with E-state index in [4.69, 9.17) is 16.3 Å². The average molecular weight is 225 g/mol. The maximum Gasteiger partial charge on any atom is 0.116 e. The topological polar surface area (TPSA) is 9.23 Å². The summed E-state index contributed by atoms with van der Waals surface area (Å²) in [7, 11) is 0. The van der Waals surface area contributed by atoms with Gasteiger partial charge in [-0.15, -0.1) is 11.6 Å². The van der Waals surface area contributed by atoms with Gasteiger partial charge in [-0.3, -0.25) is 0 Å². The molecule has 1 aliphatic heterocycles. The van der Waals surface area contributed by atoms with Crippen LogP contribution in [0.1, 0.15) is 37.3 Å². The van der Waals surface area contributed by atoms with Crippen LogP contribution in [0.4, 0.5) is 0 Å². The molecule has 1 nitrogen and oxygen atoms in total. The Hall–Kier alpha value is -0.530. The van der Waals surface area contributed by atoms with Gasteiger partial charge in [0.15, 0.2) is 0 Å². The van der Waals surface area contributed by atoms with Crippen molar-refractivity contribution in [1.29, 1.82) is 0 Å².